The lowest BCUT2D eigenvalue weighted by molar-refractivity contribution is -0.143. The van der Waals surface area contributed by atoms with Crippen LogP contribution in [0.15, 0.2) is 24.3 Å². The van der Waals surface area contributed by atoms with E-state index in [1.54, 1.807) is 6.92 Å². The average molecular weight is 250 g/mol. The number of nitrogens with one attached hydrogen (secondary N) is 1. The Labute approximate surface area is 106 Å². The van der Waals surface area contributed by atoms with E-state index in [4.69, 9.17) is 10.5 Å². The number of hydrogen-bond donors (Lipinski definition) is 2. The topological polar surface area (TPSA) is 81.4 Å². The average Bonchev–Trinajstić information content (AvgIpc) is 2.37. The maximum Gasteiger partial charge on any atom is 0.325 e. The summed E-state index contributed by atoms with van der Waals surface area (Å²) in [5, 5.41) is 2.51. The zero-order valence-electron chi connectivity index (χ0n) is 10.4. The first-order valence-corrected chi connectivity index (χ1v) is 5.86. The van der Waals surface area contributed by atoms with Gasteiger partial charge in [0.25, 0.3) is 0 Å². The molecule has 5 heteroatoms. The molecule has 0 atom stereocenters. The molecule has 1 aromatic rings. The van der Waals surface area contributed by atoms with Crippen LogP contribution in [0.2, 0.25) is 0 Å². The molecule has 3 N–H and O–H groups in total. The zero-order valence-corrected chi connectivity index (χ0v) is 10.4. The number of nitrogens with two attached hydrogens (primary N) is 1. The Kier molecular flexibility index (Phi) is 5.87. The summed E-state index contributed by atoms with van der Waals surface area (Å²) >= 11 is 0. The van der Waals surface area contributed by atoms with Gasteiger partial charge >= 0.3 is 5.97 Å². The summed E-state index contributed by atoms with van der Waals surface area (Å²) in [5.41, 5.74) is 7.39. The summed E-state index contributed by atoms with van der Waals surface area (Å²) in [4.78, 5) is 22.7. The van der Waals surface area contributed by atoms with Gasteiger partial charge in [0.2, 0.25) is 5.91 Å². The van der Waals surface area contributed by atoms with E-state index in [0.717, 1.165) is 11.1 Å². The first-order chi connectivity index (χ1) is 8.67. The first kappa shape index (κ1) is 14.2. The number of esters is 1. The van der Waals surface area contributed by atoms with Crippen molar-refractivity contribution in [3.05, 3.63) is 35.4 Å². The number of benzene rings is 1. The Hall–Kier alpha value is -1.88. The number of hydrogen-bond acceptors (Lipinski definition) is 4. The van der Waals surface area contributed by atoms with Gasteiger partial charge < -0.3 is 15.8 Å². The van der Waals surface area contributed by atoms with E-state index in [-0.39, 0.29) is 18.9 Å². The second-order valence-corrected chi connectivity index (χ2v) is 3.73. The molecule has 1 amide bonds. The van der Waals surface area contributed by atoms with E-state index >= 15 is 0 Å². The van der Waals surface area contributed by atoms with Gasteiger partial charge in [0.15, 0.2) is 0 Å². The molecule has 98 valence electrons. The maximum absolute atomic E-state index is 11.6. The molecule has 0 radical (unpaired) electrons. The molecule has 0 saturated carbocycles. The third kappa shape index (κ3) is 4.55. The van der Waals surface area contributed by atoms with Crippen LogP contribution in [0.4, 0.5) is 0 Å². The first-order valence-electron chi connectivity index (χ1n) is 5.86. The number of carbonyl (C=O) groups is 2. The van der Waals surface area contributed by atoms with Crippen molar-refractivity contribution in [3.8, 4) is 0 Å². The monoisotopic (exact) mass is 250 g/mol. The Morgan fingerprint density at radius 3 is 2.56 bits per heavy atom. The molecule has 0 aliphatic rings. The van der Waals surface area contributed by atoms with Gasteiger partial charge in [0.05, 0.1) is 13.0 Å². The molecule has 1 rings (SSSR count). The molecule has 0 bridgehead atoms. The molecule has 0 unspecified atom stereocenters. The zero-order chi connectivity index (χ0) is 13.4. The van der Waals surface area contributed by atoms with Crippen molar-refractivity contribution in [1.82, 2.24) is 5.32 Å². The van der Waals surface area contributed by atoms with E-state index in [1.165, 1.54) is 0 Å². The molecule has 0 aromatic heterocycles. The standard InChI is InChI=1S/C13H18N2O3/c1-2-18-13(17)9-15-12(16)7-10-5-3-4-6-11(10)8-14/h3-6H,2,7-9,14H2,1H3,(H,15,16). The predicted molar refractivity (Wildman–Crippen MR) is 67.7 cm³/mol. The Bertz CT molecular complexity index is 418. The number of amides is 1. The highest BCUT2D eigenvalue weighted by molar-refractivity contribution is 5.83. The van der Waals surface area contributed by atoms with Crippen molar-refractivity contribution in [2.45, 2.75) is 19.9 Å². The lowest BCUT2D eigenvalue weighted by Crippen LogP contribution is -2.32. The third-order valence-corrected chi connectivity index (χ3v) is 2.42. The fourth-order valence-electron chi connectivity index (χ4n) is 1.55. The SMILES string of the molecule is CCOC(=O)CNC(=O)Cc1ccccc1CN. The van der Waals surface area contributed by atoms with Gasteiger partial charge in [-0.1, -0.05) is 24.3 Å². The van der Waals surface area contributed by atoms with E-state index in [1.807, 2.05) is 24.3 Å². The fraction of sp³-hybridized carbons (Fsp3) is 0.385. The van der Waals surface area contributed by atoms with Crippen molar-refractivity contribution in [2.24, 2.45) is 5.73 Å². The van der Waals surface area contributed by atoms with E-state index < -0.39 is 5.97 Å². The molecule has 0 aliphatic carbocycles. The van der Waals surface area contributed by atoms with Crippen LogP contribution in [-0.4, -0.2) is 25.0 Å². The maximum atomic E-state index is 11.6. The van der Waals surface area contributed by atoms with Crippen molar-refractivity contribution < 1.29 is 14.3 Å². The van der Waals surface area contributed by atoms with Crippen LogP contribution in [0.25, 0.3) is 0 Å². The molecule has 18 heavy (non-hydrogen) atoms. The Morgan fingerprint density at radius 2 is 1.94 bits per heavy atom. The highest BCUT2D eigenvalue weighted by Crippen LogP contribution is 2.08. The number of carbonyl (C=O) groups excluding carboxylic acids is 2. The molecule has 1 aromatic carbocycles. The summed E-state index contributed by atoms with van der Waals surface area (Å²) in [6.07, 6.45) is 0.215. The van der Waals surface area contributed by atoms with Crippen LogP contribution in [0.3, 0.4) is 0 Å². The van der Waals surface area contributed by atoms with Gasteiger partial charge in [-0.25, -0.2) is 0 Å². The molecule has 0 saturated heterocycles. The lowest BCUT2D eigenvalue weighted by Gasteiger charge is -2.08. The minimum absolute atomic E-state index is 0.0997. The fourth-order valence-corrected chi connectivity index (χ4v) is 1.55. The van der Waals surface area contributed by atoms with Gasteiger partial charge in [-0.15, -0.1) is 0 Å². The van der Waals surface area contributed by atoms with Gasteiger partial charge in [0, 0.05) is 6.54 Å². The minimum Gasteiger partial charge on any atom is -0.465 e. The molecule has 0 fully saturated rings. The second-order valence-electron chi connectivity index (χ2n) is 3.73. The van der Waals surface area contributed by atoms with Crippen molar-refractivity contribution in [2.75, 3.05) is 13.2 Å². The van der Waals surface area contributed by atoms with Crippen LogP contribution < -0.4 is 11.1 Å². The minimum atomic E-state index is -0.432. The summed E-state index contributed by atoms with van der Waals surface area (Å²) in [7, 11) is 0. The van der Waals surface area contributed by atoms with Crippen LogP contribution in [0.5, 0.6) is 0 Å². The normalized spacial score (nSPS) is 9.89. The van der Waals surface area contributed by atoms with Gasteiger partial charge in [-0.3, -0.25) is 9.59 Å². The Morgan fingerprint density at radius 1 is 1.28 bits per heavy atom. The largest absolute Gasteiger partial charge is 0.465 e. The summed E-state index contributed by atoms with van der Waals surface area (Å²) < 4.78 is 4.71. The smallest absolute Gasteiger partial charge is 0.325 e. The highest BCUT2D eigenvalue weighted by Gasteiger charge is 2.08. The molecule has 5 nitrogen and oxygen atoms in total. The lowest BCUT2D eigenvalue weighted by atomic mass is 10.0. The number of ether oxygens (including phenoxy) is 1. The second kappa shape index (κ2) is 7.45. The van der Waals surface area contributed by atoms with Gasteiger partial charge in [-0.05, 0) is 18.1 Å². The molecular formula is C13H18N2O3. The van der Waals surface area contributed by atoms with E-state index in [2.05, 4.69) is 5.32 Å². The third-order valence-electron chi connectivity index (χ3n) is 2.42. The van der Waals surface area contributed by atoms with E-state index in [9.17, 15) is 9.59 Å². The van der Waals surface area contributed by atoms with Crippen LogP contribution in [0, 0.1) is 0 Å². The van der Waals surface area contributed by atoms with Crippen LogP contribution >= 0.6 is 0 Å². The highest BCUT2D eigenvalue weighted by atomic mass is 16.5. The summed E-state index contributed by atoms with van der Waals surface area (Å²) in [5.74, 6) is -0.651. The van der Waals surface area contributed by atoms with Crippen LogP contribution in [0.1, 0.15) is 18.1 Å². The van der Waals surface area contributed by atoms with Crippen LogP contribution in [-0.2, 0) is 27.3 Å². The summed E-state index contributed by atoms with van der Waals surface area (Å²) in [6.45, 7) is 2.32. The Balaban J connectivity index is 2.47. The summed E-state index contributed by atoms with van der Waals surface area (Å²) in [6, 6.07) is 7.47. The van der Waals surface area contributed by atoms with Gasteiger partial charge in [0.1, 0.15) is 6.54 Å². The van der Waals surface area contributed by atoms with Crippen molar-refractivity contribution >= 4 is 11.9 Å². The van der Waals surface area contributed by atoms with Crippen molar-refractivity contribution in [1.29, 1.82) is 0 Å². The molecule has 0 heterocycles. The predicted octanol–water partition coefficient (Wildman–Crippen LogP) is 0.367. The molecular weight excluding hydrogens is 232 g/mol. The quantitative estimate of drug-likeness (QED) is 0.715. The molecule has 0 spiro atoms. The van der Waals surface area contributed by atoms with Gasteiger partial charge in [-0.2, -0.15) is 0 Å². The van der Waals surface area contributed by atoms with Crippen molar-refractivity contribution in [3.63, 3.8) is 0 Å². The molecule has 0 aliphatic heterocycles. The number of rotatable bonds is 6. The van der Waals surface area contributed by atoms with E-state index in [0.29, 0.717) is 13.2 Å².